The third kappa shape index (κ3) is 2.18. The highest BCUT2D eigenvalue weighted by Crippen LogP contribution is 2.19. The van der Waals surface area contributed by atoms with Gasteiger partial charge in [0, 0.05) is 24.8 Å². The first-order valence-corrected chi connectivity index (χ1v) is 5.12. The summed E-state index contributed by atoms with van der Waals surface area (Å²) in [4.78, 5) is 10.4. The Morgan fingerprint density at radius 3 is 3.13 bits per heavy atom. The Hall–Kier alpha value is -1.36. The first-order valence-electron chi connectivity index (χ1n) is 5.12. The van der Waals surface area contributed by atoms with Crippen molar-refractivity contribution in [2.45, 2.75) is 20.0 Å². The van der Waals surface area contributed by atoms with E-state index in [1.165, 1.54) is 0 Å². The van der Waals surface area contributed by atoms with Crippen LogP contribution in [0.3, 0.4) is 0 Å². The van der Waals surface area contributed by atoms with Crippen molar-refractivity contribution in [3.8, 4) is 0 Å². The lowest BCUT2D eigenvalue weighted by molar-refractivity contribution is 0.0529. The molecule has 0 aromatic carbocycles. The number of anilines is 2. The standard InChI is InChI=1S/C10H16N4O/c1-7-5-12-10(11)13-9(7)14-3-4-15-8(2)6-14/h5,8H,3-4,6H2,1-2H3,(H2,11,12,13). The maximum Gasteiger partial charge on any atom is 0.221 e. The third-order valence-electron chi connectivity index (χ3n) is 2.50. The van der Waals surface area contributed by atoms with Gasteiger partial charge in [0.05, 0.1) is 12.7 Å². The Kier molecular flexibility index (Phi) is 2.73. The molecule has 0 aliphatic carbocycles. The zero-order chi connectivity index (χ0) is 10.8. The van der Waals surface area contributed by atoms with Gasteiger partial charge in [-0.3, -0.25) is 0 Å². The minimum Gasteiger partial charge on any atom is -0.375 e. The smallest absolute Gasteiger partial charge is 0.221 e. The van der Waals surface area contributed by atoms with Crippen LogP contribution in [0.1, 0.15) is 12.5 Å². The molecule has 1 saturated heterocycles. The monoisotopic (exact) mass is 208 g/mol. The molecule has 2 rings (SSSR count). The molecule has 15 heavy (non-hydrogen) atoms. The van der Waals surface area contributed by atoms with E-state index in [1.807, 2.05) is 6.92 Å². The molecule has 1 unspecified atom stereocenters. The second-order valence-electron chi connectivity index (χ2n) is 3.86. The van der Waals surface area contributed by atoms with Crippen LogP contribution in [-0.2, 0) is 4.74 Å². The Balaban J connectivity index is 2.24. The minimum absolute atomic E-state index is 0.245. The summed E-state index contributed by atoms with van der Waals surface area (Å²) in [6, 6.07) is 0. The molecule has 0 amide bonds. The van der Waals surface area contributed by atoms with Gasteiger partial charge in [-0.05, 0) is 13.8 Å². The summed E-state index contributed by atoms with van der Waals surface area (Å²) in [5.74, 6) is 1.26. The van der Waals surface area contributed by atoms with Crippen molar-refractivity contribution in [3.05, 3.63) is 11.8 Å². The Morgan fingerprint density at radius 2 is 2.40 bits per heavy atom. The van der Waals surface area contributed by atoms with E-state index in [1.54, 1.807) is 6.20 Å². The molecule has 1 aliphatic heterocycles. The Labute approximate surface area is 89.3 Å². The summed E-state index contributed by atoms with van der Waals surface area (Å²) >= 11 is 0. The summed E-state index contributed by atoms with van der Waals surface area (Å²) in [5, 5.41) is 0. The zero-order valence-corrected chi connectivity index (χ0v) is 9.10. The number of hydrogen-bond acceptors (Lipinski definition) is 5. The van der Waals surface area contributed by atoms with Gasteiger partial charge in [0.1, 0.15) is 5.82 Å². The van der Waals surface area contributed by atoms with E-state index in [-0.39, 0.29) is 6.10 Å². The average Bonchev–Trinajstić information content (AvgIpc) is 2.22. The van der Waals surface area contributed by atoms with Crippen LogP contribution in [0, 0.1) is 6.92 Å². The van der Waals surface area contributed by atoms with Crippen LogP contribution in [0.2, 0.25) is 0 Å². The van der Waals surface area contributed by atoms with Crippen LogP contribution in [0.15, 0.2) is 6.20 Å². The maximum absolute atomic E-state index is 5.59. The summed E-state index contributed by atoms with van der Waals surface area (Å²) in [6.45, 7) is 6.52. The normalized spacial score (nSPS) is 21.7. The molecule has 0 saturated carbocycles. The molecular formula is C10H16N4O. The minimum atomic E-state index is 0.245. The van der Waals surface area contributed by atoms with Crippen LogP contribution in [0.5, 0.6) is 0 Å². The van der Waals surface area contributed by atoms with Crippen LogP contribution in [0.4, 0.5) is 11.8 Å². The summed E-state index contributed by atoms with van der Waals surface area (Å²) in [6.07, 6.45) is 2.01. The Bertz CT molecular complexity index is 355. The molecule has 5 nitrogen and oxygen atoms in total. The molecule has 2 N–H and O–H groups in total. The summed E-state index contributed by atoms with van der Waals surface area (Å²) in [7, 11) is 0. The number of hydrogen-bond donors (Lipinski definition) is 1. The van der Waals surface area contributed by atoms with Crippen LogP contribution in [0.25, 0.3) is 0 Å². The molecule has 1 aromatic heterocycles. The number of aryl methyl sites for hydroxylation is 1. The van der Waals surface area contributed by atoms with E-state index in [4.69, 9.17) is 10.5 Å². The molecule has 2 heterocycles. The van der Waals surface area contributed by atoms with Crippen LogP contribution in [-0.4, -0.2) is 35.8 Å². The van der Waals surface area contributed by atoms with Gasteiger partial charge >= 0.3 is 0 Å². The highest BCUT2D eigenvalue weighted by molar-refractivity contribution is 5.48. The predicted molar refractivity (Wildman–Crippen MR) is 58.8 cm³/mol. The lowest BCUT2D eigenvalue weighted by Crippen LogP contribution is -2.42. The van der Waals surface area contributed by atoms with Gasteiger partial charge in [0.2, 0.25) is 5.95 Å². The molecule has 0 bridgehead atoms. The largest absolute Gasteiger partial charge is 0.375 e. The van der Waals surface area contributed by atoms with E-state index in [0.717, 1.165) is 31.1 Å². The van der Waals surface area contributed by atoms with E-state index in [9.17, 15) is 0 Å². The van der Waals surface area contributed by atoms with Crippen LogP contribution >= 0.6 is 0 Å². The average molecular weight is 208 g/mol. The first kappa shape index (κ1) is 10.2. The molecule has 1 aromatic rings. The number of aromatic nitrogens is 2. The fourth-order valence-corrected chi connectivity index (χ4v) is 1.78. The van der Waals surface area contributed by atoms with Crippen LogP contribution < -0.4 is 10.6 Å². The number of nitrogens with two attached hydrogens (primary N) is 1. The molecule has 1 atom stereocenters. The van der Waals surface area contributed by atoms with Gasteiger partial charge in [-0.2, -0.15) is 4.98 Å². The second kappa shape index (κ2) is 4.02. The SMILES string of the molecule is Cc1cnc(N)nc1N1CCOC(C)C1. The molecule has 1 aliphatic rings. The topological polar surface area (TPSA) is 64.3 Å². The van der Waals surface area contributed by atoms with Gasteiger partial charge in [-0.1, -0.05) is 0 Å². The molecule has 0 radical (unpaired) electrons. The molecular weight excluding hydrogens is 192 g/mol. The van der Waals surface area contributed by atoms with E-state index in [0.29, 0.717) is 5.95 Å². The Morgan fingerprint density at radius 1 is 1.60 bits per heavy atom. The summed E-state index contributed by atoms with van der Waals surface area (Å²) in [5.41, 5.74) is 6.64. The third-order valence-corrected chi connectivity index (χ3v) is 2.50. The zero-order valence-electron chi connectivity index (χ0n) is 9.10. The van der Waals surface area contributed by atoms with E-state index in [2.05, 4.69) is 21.8 Å². The lowest BCUT2D eigenvalue weighted by atomic mass is 10.2. The molecule has 1 fully saturated rings. The van der Waals surface area contributed by atoms with Crippen molar-refractivity contribution in [3.63, 3.8) is 0 Å². The predicted octanol–water partition coefficient (Wildman–Crippen LogP) is 0.592. The van der Waals surface area contributed by atoms with Crippen molar-refractivity contribution >= 4 is 11.8 Å². The van der Waals surface area contributed by atoms with Gasteiger partial charge < -0.3 is 15.4 Å². The van der Waals surface area contributed by atoms with Crippen molar-refractivity contribution in [2.75, 3.05) is 30.3 Å². The second-order valence-corrected chi connectivity index (χ2v) is 3.86. The summed E-state index contributed by atoms with van der Waals surface area (Å²) < 4.78 is 5.48. The maximum atomic E-state index is 5.59. The van der Waals surface area contributed by atoms with Gasteiger partial charge in [0.25, 0.3) is 0 Å². The highest BCUT2D eigenvalue weighted by atomic mass is 16.5. The van der Waals surface area contributed by atoms with Gasteiger partial charge in [-0.15, -0.1) is 0 Å². The van der Waals surface area contributed by atoms with Crippen molar-refractivity contribution in [2.24, 2.45) is 0 Å². The van der Waals surface area contributed by atoms with Crippen molar-refractivity contribution < 1.29 is 4.74 Å². The molecule has 82 valence electrons. The number of rotatable bonds is 1. The fraction of sp³-hybridized carbons (Fsp3) is 0.600. The lowest BCUT2D eigenvalue weighted by Gasteiger charge is -2.32. The van der Waals surface area contributed by atoms with Crippen molar-refractivity contribution in [1.29, 1.82) is 0 Å². The molecule has 5 heteroatoms. The van der Waals surface area contributed by atoms with Gasteiger partial charge in [-0.25, -0.2) is 4.98 Å². The number of nitrogen functional groups attached to an aromatic ring is 1. The van der Waals surface area contributed by atoms with Gasteiger partial charge in [0.15, 0.2) is 0 Å². The number of ether oxygens (including phenoxy) is 1. The molecule has 0 spiro atoms. The highest BCUT2D eigenvalue weighted by Gasteiger charge is 2.19. The number of nitrogens with zero attached hydrogens (tertiary/aromatic N) is 3. The fourth-order valence-electron chi connectivity index (χ4n) is 1.78. The van der Waals surface area contributed by atoms with Crippen molar-refractivity contribution in [1.82, 2.24) is 9.97 Å². The first-order chi connectivity index (χ1) is 7.16. The van der Waals surface area contributed by atoms with E-state index < -0.39 is 0 Å². The quantitative estimate of drug-likeness (QED) is 0.732. The number of morpholine rings is 1. The van der Waals surface area contributed by atoms with E-state index >= 15 is 0 Å².